The number of rotatable bonds is 6. The zero-order valence-electron chi connectivity index (χ0n) is 17.8. The van der Waals surface area contributed by atoms with Crippen molar-refractivity contribution in [3.05, 3.63) is 59.4 Å². The molecule has 0 unspecified atom stereocenters. The first kappa shape index (κ1) is 21.3. The molecular weight excluding hydrogens is 412 g/mol. The van der Waals surface area contributed by atoms with E-state index >= 15 is 0 Å². The van der Waals surface area contributed by atoms with Gasteiger partial charge in [-0.15, -0.1) is 5.10 Å². The van der Waals surface area contributed by atoms with E-state index < -0.39 is 0 Å². The van der Waals surface area contributed by atoms with Gasteiger partial charge in [0, 0.05) is 37.3 Å². The van der Waals surface area contributed by atoms with Gasteiger partial charge in [0.1, 0.15) is 5.75 Å². The van der Waals surface area contributed by atoms with Gasteiger partial charge >= 0.3 is 6.09 Å². The molecule has 1 amide bonds. The van der Waals surface area contributed by atoms with E-state index in [0.717, 1.165) is 36.5 Å². The van der Waals surface area contributed by atoms with Crippen LogP contribution in [0.4, 0.5) is 4.79 Å². The van der Waals surface area contributed by atoms with E-state index in [1.165, 1.54) is 11.1 Å². The highest BCUT2D eigenvalue weighted by molar-refractivity contribution is 7.99. The highest BCUT2D eigenvalue weighted by Gasteiger charge is 2.26. The molecule has 1 fully saturated rings. The third-order valence-corrected chi connectivity index (χ3v) is 6.69. The molecule has 9 heteroatoms. The van der Waals surface area contributed by atoms with Crippen LogP contribution in [0.2, 0.25) is 0 Å². The average molecular weight is 439 g/mol. The molecule has 3 aromatic rings. The maximum atomic E-state index is 12.5. The summed E-state index contributed by atoms with van der Waals surface area (Å²) in [5, 5.41) is 12.7. The zero-order chi connectivity index (χ0) is 21.6. The minimum Gasteiger partial charge on any atom is -0.410 e. The Bertz CT molecular complexity index is 1010. The third-order valence-electron chi connectivity index (χ3n) is 5.32. The Balaban J connectivity index is 1.23. The molecule has 8 nitrogen and oxygen atoms in total. The second kappa shape index (κ2) is 9.91. The maximum absolute atomic E-state index is 12.5. The van der Waals surface area contributed by atoms with Crippen molar-refractivity contribution in [3.63, 3.8) is 0 Å². The lowest BCUT2D eigenvalue weighted by Crippen LogP contribution is -2.41. The SMILES string of the molecule is Cc1ccnc(CCc2ccc(OC(=O)N3CCC(Sc4nnnn4C)CC3)cc2)c1. The number of carbonyl (C=O) groups is 1. The molecule has 3 heterocycles. The first-order valence-corrected chi connectivity index (χ1v) is 11.3. The van der Waals surface area contributed by atoms with Crippen molar-refractivity contribution in [2.45, 2.75) is 43.0 Å². The van der Waals surface area contributed by atoms with Crippen LogP contribution in [0.3, 0.4) is 0 Å². The summed E-state index contributed by atoms with van der Waals surface area (Å²) in [6.45, 7) is 3.41. The van der Waals surface area contributed by atoms with Crippen LogP contribution in [0, 0.1) is 6.92 Å². The van der Waals surface area contributed by atoms with Crippen LogP contribution >= 0.6 is 11.8 Å². The van der Waals surface area contributed by atoms with E-state index in [2.05, 4.69) is 33.5 Å². The predicted octanol–water partition coefficient (Wildman–Crippen LogP) is 3.45. The monoisotopic (exact) mass is 438 g/mol. The number of aromatic nitrogens is 5. The Morgan fingerprint density at radius 2 is 1.94 bits per heavy atom. The number of hydrogen-bond acceptors (Lipinski definition) is 7. The second-order valence-electron chi connectivity index (χ2n) is 7.73. The fourth-order valence-electron chi connectivity index (χ4n) is 3.52. The number of pyridine rings is 1. The van der Waals surface area contributed by atoms with Crippen LogP contribution < -0.4 is 4.74 Å². The minimum atomic E-state index is -0.291. The van der Waals surface area contributed by atoms with Gasteiger partial charge in [-0.25, -0.2) is 9.48 Å². The van der Waals surface area contributed by atoms with Gasteiger partial charge < -0.3 is 9.64 Å². The fraction of sp³-hybridized carbons (Fsp3) is 0.409. The number of amides is 1. The quantitative estimate of drug-likeness (QED) is 0.583. The van der Waals surface area contributed by atoms with E-state index in [-0.39, 0.29) is 6.09 Å². The van der Waals surface area contributed by atoms with Crippen molar-refractivity contribution >= 4 is 17.9 Å². The lowest BCUT2D eigenvalue weighted by atomic mass is 10.1. The lowest BCUT2D eigenvalue weighted by Gasteiger charge is -2.30. The first-order valence-electron chi connectivity index (χ1n) is 10.4. The predicted molar refractivity (Wildman–Crippen MR) is 118 cm³/mol. The van der Waals surface area contributed by atoms with Gasteiger partial charge in [-0.1, -0.05) is 23.9 Å². The van der Waals surface area contributed by atoms with E-state index in [1.807, 2.05) is 43.6 Å². The topological polar surface area (TPSA) is 86.0 Å². The van der Waals surface area contributed by atoms with Crippen molar-refractivity contribution in [2.75, 3.05) is 13.1 Å². The molecule has 1 aliphatic heterocycles. The summed E-state index contributed by atoms with van der Waals surface area (Å²) >= 11 is 1.66. The van der Waals surface area contributed by atoms with Crippen LogP contribution in [-0.2, 0) is 19.9 Å². The zero-order valence-corrected chi connectivity index (χ0v) is 18.6. The molecule has 0 aliphatic carbocycles. The lowest BCUT2D eigenvalue weighted by molar-refractivity contribution is 0.143. The molecule has 162 valence electrons. The van der Waals surface area contributed by atoms with Crippen molar-refractivity contribution in [3.8, 4) is 5.75 Å². The number of benzene rings is 1. The van der Waals surface area contributed by atoms with Gasteiger partial charge in [0.05, 0.1) is 0 Å². The Hall–Kier alpha value is -2.94. The van der Waals surface area contributed by atoms with Gasteiger partial charge in [0.2, 0.25) is 5.16 Å². The van der Waals surface area contributed by atoms with Gasteiger partial charge in [0.15, 0.2) is 0 Å². The van der Waals surface area contributed by atoms with Crippen LogP contribution in [0.15, 0.2) is 47.8 Å². The van der Waals surface area contributed by atoms with E-state index in [4.69, 9.17) is 4.74 Å². The van der Waals surface area contributed by atoms with Crippen LogP contribution in [0.5, 0.6) is 5.75 Å². The highest BCUT2D eigenvalue weighted by Crippen LogP contribution is 2.28. The first-order chi connectivity index (χ1) is 15.1. The third kappa shape index (κ3) is 5.81. The molecule has 0 radical (unpaired) electrons. The number of aryl methyl sites for hydroxylation is 4. The maximum Gasteiger partial charge on any atom is 0.415 e. The minimum absolute atomic E-state index is 0.291. The smallest absolute Gasteiger partial charge is 0.410 e. The van der Waals surface area contributed by atoms with Crippen molar-refractivity contribution in [2.24, 2.45) is 7.05 Å². The molecule has 0 saturated carbocycles. The average Bonchev–Trinajstić information content (AvgIpc) is 3.18. The number of tetrazole rings is 1. The van der Waals surface area contributed by atoms with E-state index in [1.54, 1.807) is 21.3 Å². The molecule has 0 atom stereocenters. The standard InChI is InChI=1S/C22H26N6O2S/c1-16-9-12-23-18(15-16)6-3-17-4-7-19(8-5-17)30-22(29)28-13-10-20(11-14-28)31-21-24-25-26-27(21)2/h4-5,7-9,12,15,20H,3,6,10-11,13-14H2,1-2H3. The molecule has 0 N–H and O–H groups in total. The largest absolute Gasteiger partial charge is 0.415 e. The summed E-state index contributed by atoms with van der Waals surface area (Å²) in [6.07, 6.45) is 5.12. The summed E-state index contributed by atoms with van der Waals surface area (Å²) in [6, 6.07) is 11.9. The molecule has 2 aromatic heterocycles. The van der Waals surface area contributed by atoms with Gasteiger partial charge in [-0.3, -0.25) is 4.98 Å². The van der Waals surface area contributed by atoms with E-state index in [0.29, 0.717) is 24.1 Å². The number of hydrogen-bond donors (Lipinski definition) is 0. The molecule has 31 heavy (non-hydrogen) atoms. The van der Waals surface area contributed by atoms with Crippen molar-refractivity contribution in [1.29, 1.82) is 0 Å². The fourth-order valence-corrected chi connectivity index (χ4v) is 4.54. The number of likely N-dealkylation sites (tertiary alicyclic amines) is 1. The second-order valence-corrected chi connectivity index (χ2v) is 8.99. The summed E-state index contributed by atoms with van der Waals surface area (Å²) in [5.74, 6) is 0.573. The molecule has 0 spiro atoms. The van der Waals surface area contributed by atoms with Crippen LogP contribution in [0.25, 0.3) is 0 Å². The Labute approximate surface area is 186 Å². The number of nitrogens with zero attached hydrogens (tertiary/aromatic N) is 6. The van der Waals surface area contributed by atoms with Crippen molar-refractivity contribution in [1.82, 2.24) is 30.1 Å². The molecule has 4 rings (SSSR count). The number of piperidine rings is 1. The number of ether oxygens (including phenoxy) is 1. The molecule has 1 saturated heterocycles. The molecule has 0 bridgehead atoms. The number of carbonyl (C=O) groups excluding carboxylic acids is 1. The highest BCUT2D eigenvalue weighted by atomic mass is 32.2. The molecule has 1 aliphatic rings. The Morgan fingerprint density at radius 1 is 1.16 bits per heavy atom. The van der Waals surface area contributed by atoms with Gasteiger partial charge in [-0.05, 0) is 78.4 Å². The van der Waals surface area contributed by atoms with Crippen LogP contribution in [0.1, 0.15) is 29.7 Å². The summed E-state index contributed by atoms with van der Waals surface area (Å²) in [5.41, 5.74) is 3.51. The Kier molecular flexibility index (Phi) is 6.81. The van der Waals surface area contributed by atoms with Gasteiger partial charge in [0.25, 0.3) is 0 Å². The van der Waals surface area contributed by atoms with Crippen molar-refractivity contribution < 1.29 is 9.53 Å². The van der Waals surface area contributed by atoms with E-state index in [9.17, 15) is 4.79 Å². The Morgan fingerprint density at radius 3 is 2.61 bits per heavy atom. The number of thioether (sulfide) groups is 1. The van der Waals surface area contributed by atoms with Gasteiger partial charge in [-0.2, -0.15) is 0 Å². The molecule has 1 aromatic carbocycles. The summed E-state index contributed by atoms with van der Waals surface area (Å²) in [4.78, 5) is 18.7. The van der Waals surface area contributed by atoms with Crippen LogP contribution in [-0.4, -0.2) is 54.5 Å². The molecular formula is C22H26N6O2S. The normalized spacial score (nSPS) is 14.6. The summed E-state index contributed by atoms with van der Waals surface area (Å²) in [7, 11) is 1.83. The summed E-state index contributed by atoms with van der Waals surface area (Å²) < 4.78 is 7.25.